The Kier molecular flexibility index (Phi) is 5.66. The Labute approximate surface area is 163 Å². The number of sulfonamides is 1. The fraction of sp³-hybridized carbons (Fsp3) is 0. The van der Waals surface area contributed by atoms with Crippen LogP contribution in [0.3, 0.4) is 0 Å². The smallest absolute Gasteiger partial charge is 0.319 e. The van der Waals surface area contributed by atoms with Crippen LogP contribution < -0.4 is 16.2 Å². The summed E-state index contributed by atoms with van der Waals surface area (Å²) in [6, 6.07) is 9.06. The molecule has 1 aromatic carbocycles. The normalized spacial score (nSPS) is 10.8. The summed E-state index contributed by atoms with van der Waals surface area (Å²) in [6.07, 6.45) is 4.05. The van der Waals surface area contributed by atoms with Crippen molar-refractivity contribution >= 4 is 33.5 Å². The Hall–Kier alpha value is -4.04. The molecule has 4 aromatic rings. The maximum absolute atomic E-state index is 11.4. The van der Waals surface area contributed by atoms with Crippen LogP contribution in [0.2, 0.25) is 0 Å². The van der Waals surface area contributed by atoms with Crippen molar-refractivity contribution in [1.82, 2.24) is 25.1 Å². The zero-order valence-corrected chi connectivity index (χ0v) is 15.4. The summed E-state index contributed by atoms with van der Waals surface area (Å²) < 4.78 is 32.4. The molecule has 150 valence electrons. The van der Waals surface area contributed by atoms with E-state index in [2.05, 4.69) is 30.2 Å². The number of nitrogens with two attached hydrogens (primary N) is 2. The van der Waals surface area contributed by atoms with Crippen molar-refractivity contribution in [2.24, 2.45) is 5.14 Å². The van der Waals surface area contributed by atoms with Gasteiger partial charge in [-0.3, -0.25) is 4.79 Å². The van der Waals surface area contributed by atoms with Gasteiger partial charge in [-0.15, -0.1) is 5.10 Å². The summed E-state index contributed by atoms with van der Waals surface area (Å²) in [7, 11) is -3.65. The Morgan fingerprint density at radius 1 is 1.03 bits per heavy atom. The third-order valence-corrected chi connectivity index (χ3v) is 4.23. The predicted octanol–water partition coefficient (Wildman–Crippen LogP) is 0.602. The zero-order valence-electron chi connectivity index (χ0n) is 14.5. The van der Waals surface area contributed by atoms with Crippen molar-refractivity contribution in [3.63, 3.8) is 0 Å². The Balaban J connectivity index is 0.000000169. The summed E-state index contributed by atoms with van der Waals surface area (Å²) in [5.41, 5.74) is 6.04. The molecular weight excluding hydrogens is 404 g/mol. The second kappa shape index (κ2) is 8.32. The molecule has 0 spiro atoms. The number of primary sulfonamides is 1. The molecule has 0 aliphatic carbocycles. The first kappa shape index (κ1) is 19.7. The number of anilines is 3. The minimum absolute atomic E-state index is 0.0152. The maximum Gasteiger partial charge on any atom is 0.319 e. The van der Waals surface area contributed by atoms with Gasteiger partial charge in [0, 0.05) is 17.8 Å². The van der Waals surface area contributed by atoms with Gasteiger partial charge in [0.15, 0.2) is 0 Å². The summed E-state index contributed by atoms with van der Waals surface area (Å²) >= 11 is 0. The van der Waals surface area contributed by atoms with E-state index in [1.165, 1.54) is 36.9 Å². The van der Waals surface area contributed by atoms with Crippen LogP contribution in [0.15, 0.2) is 69.1 Å². The first-order valence-corrected chi connectivity index (χ1v) is 9.30. The lowest BCUT2D eigenvalue weighted by atomic mass is 10.3. The number of hydrogen-bond acceptors (Lipinski definition) is 11. The molecule has 0 fully saturated rings. The molecule has 0 radical (unpaired) electrons. The summed E-state index contributed by atoms with van der Waals surface area (Å²) in [6.45, 7) is 0. The molecule has 0 aliphatic rings. The van der Waals surface area contributed by atoms with Crippen LogP contribution in [0.1, 0.15) is 10.6 Å². The molecule has 3 heterocycles. The quantitative estimate of drug-likeness (QED) is 0.419. The van der Waals surface area contributed by atoms with Crippen LogP contribution in [0.25, 0.3) is 0 Å². The van der Waals surface area contributed by atoms with E-state index in [9.17, 15) is 13.2 Å². The second-order valence-electron chi connectivity index (χ2n) is 5.28. The Morgan fingerprint density at radius 3 is 2.24 bits per heavy atom. The lowest BCUT2D eigenvalue weighted by Gasteiger charge is -2.02. The van der Waals surface area contributed by atoms with Crippen molar-refractivity contribution in [3.05, 3.63) is 60.9 Å². The number of nitrogens with zero attached hydrogens (tertiary/aromatic N) is 5. The van der Waals surface area contributed by atoms with E-state index >= 15 is 0 Å². The van der Waals surface area contributed by atoms with Crippen LogP contribution in [0.4, 0.5) is 17.5 Å². The number of benzene rings is 1. The maximum atomic E-state index is 11.4. The number of nitrogens with one attached hydrogen (secondary N) is 1. The van der Waals surface area contributed by atoms with Gasteiger partial charge in [-0.25, -0.2) is 13.6 Å². The lowest BCUT2D eigenvalue weighted by Crippen LogP contribution is -2.15. The molecule has 0 saturated heterocycles. The summed E-state index contributed by atoms with van der Waals surface area (Å²) in [5, 5.41) is 18.4. The van der Waals surface area contributed by atoms with Gasteiger partial charge in [-0.1, -0.05) is 10.3 Å². The molecule has 3 aromatic heterocycles. The van der Waals surface area contributed by atoms with E-state index in [4.69, 9.17) is 15.4 Å². The molecule has 4 rings (SSSR count). The second-order valence-corrected chi connectivity index (χ2v) is 6.84. The van der Waals surface area contributed by atoms with E-state index in [0.29, 0.717) is 11.6 Å². The molecule has 13 nitrogen and oxygen atoms in total. The highest BCUT2D eigenvalue weighted by Crippen LogP contribution is 2.17. The molecule has 14 heteroatoms. The van der Waals surface area contributed by atoms with Gasteiger partial charge in [0.05, 0.1) is 17.3 Å². The number of nitrogen functional groups attached to an aromatic ring is 1. The van der Waals surface area contributed by atoms with Crippen molar-refractivity contribution in [3.8, 4) is 0 Å². The molecule has 0 amide bonds. The molecular formula is C15H14N8O5S. The molecule has 0 bridgehead atoms. The SMILES string of the molecule is NS(=O)(=O)c1ccc(Nc2ccno2)cc1.Nc1ncnn1C(=O)c1ccno1. The van der Waals surface area contributed by atoms with Gasteiger partial charge in [0.1, 0.15) is 6.33 Å². The van der Waals surface area contributed by atoms with Crippen LogP contribution in [0, 0.1) is 0 Å². The molecule has 0 atom stereocenters. The zero-order chi connectivity index (χ0) is 20.9. The molecule has 0 saturated carbocycles. The highest BCUT2D eigenvalue weighted by Gasteiger charge is 2.15. The van der Waals surface area contributed by atoms with Crippen molar-refractivity contribution in [2.75, 3.05) is 11.1 Å². The third-order valence-electron chi connectivity index (χ3n) is 3.30. The van der Waals surface area contributed by atoms with Crippen molar-refractivity contribution < 1.29 is 22.3 Å². The van der Waals surface area contributed by atoms with Crippen LogP contribution in [-0.4, -0.2) is 39.4 Å². The average molecular weight is 418 g/mol. The fourth-order valence-electron chi connectivity index (χ4n) is 1.99. The highest BCUT2D eigenvalue weighted by molar-refractivity contribution is 7.89. The first-order chi connectivity index (χ1) is 13.8. The third kappa shape index (κ3) is 5.02. The van der Waals surface area contributed by atoms with E-state index in [1.807, 2.05) is 0 Å². The topological polar surface area (TPSA) is 198 Å². The molecule has 5 N–H and O–H groups in total. The number of carbonyl (C=O) groups excluding carboxylic acids is 1. The molecule has 29 heavy (non-hydrogen) atoms. The van der Waals surface area contributed by atoms with Crippen LogP contribution in [-0.2, 0) is 10.0 Å². The average Bonchev–Trinajstić information content (AvgIpc) is 3.44. The molecule has 0 aliphatic heterocycles. The van der Waals surface area contributed by atoms with Crippen molar-refractivity contribution in [2.45, 2.75) is 4.90 Å². The van der Waals surface area contributed by atoms with Crippen LogP contribution >= 0.6 is 0 Å². The van der Waals surface area contributed by atoms with Gasteiger partial charge < -0.3 is 20.1 Å². The number of hydrogen-bond donors (Lipinski definition) is 3. The predicted molar refractivity (Wildman–Crippen MR) is 98.3 cm³/mol. The van der Waals surface area contributed by atoms with E-state index in [1.54, 1.807) is 18.2 Å². The van der Waals surface area contributed by atoms with Gasteiger partial charge in [-0.2, -0.15) is 9.67 Å². The Morgan fingerprint density at radius 2 is 1.72 bits per heavy atom. The standard InChI is InChI=1S/C9H9N3O3S.C6H5N5O2/c10-16(13,14)8-3-1-7(2-4-8)12-9-5-6-11-15-9;7-6-8-3-9-11(6)5(12)4-1-2-10-13-4/h1-6,12H,(H2,10,13,14);1-3H,(H2,7,8,9). The van der Waals surface area contributed by atoms with E-state index < -0.39 is 15.9 Å². The first-order valence-electron chi connectivity index (χ1n) is 7.76. The van der Waals surface area contributed by atoms with E-state index in [0.717, 1.165) is 4.68 Å². The lowest BCUT2D eigenvalue weighted by molar-refractivity contribution is 0.0910. The number of rotatable bonds is 4. The summed E-state index contributed by atoms with van der Waals surface area (Å²) in [4.78, 5) is 15.1. The van der Waals surface area contributed by atoms with Gasteiger partial charge in [-0.05, 0) is 24.3 Å². The number of carbonyl (C=O) groups is 1. The molecule has 0 unspecified atom stereocenters. The monoisotopic (exact) mass is 418 g/mol. The van der Waals surface area contributed by atoms with Gasteiger partial charge >= 0.3 is 5.91 Å². The van der Waals surface area contributed by atoms with E-state index in [-0.39, 0.29) is 16.6 Å². The minimum atomic E-state index is -3.65. The largest absolute Gasteiger partial charge is 0.368 e. The number of aromatic nitrogens is 5. The van der Waals surface area contributed by atoms with Crippen LogP contribution in [0.5, 0.6) is 0 Å². The minimum Gasteiger partial charge on any atom is -0.368 e. The van der Waals surface area contributed by atoms with Gasteiger partial charge in [0.25, 0.3) is 0 Å². The Bertz CT molecular complexity index is 1170. The summed E-state index contributed by atoms with van der Waals surface area (Å²) in [5.74, 6) is 0.0643. The van der Waals surface area contributed by atoms with Gasteiger partial charge in [0.2, 0.25) is 27.6 Å². The fourth-order valence-corrected chi connectivity index (χ4v) is 2.50. The van der Waals surface area contributed by atoms with Crippen molar-refractivity contribution in [1.29, 1.82) is 0 Å². The highest BCUT2D eigenvalue weighted by atomic mass is 32.2.